The number of rotatable bonds is 4. The molecule has 4 N–H and O–H groups in total. The molecular weight excluding hydrogens is 292 g/mol. The van der Waals surface area contributed by atoms with Gasteiger partial charge in [0.15, 0.2) is 5.69 Å². The third kappa shape index (κ3) is 4.35. The van der Waals surface area contributed by atoms with E-state index in [0.717, 1.165) is 6.07 Å². The number of carboxylic acids is 1. The molecule has 0 spiro atoms. The molecular formula is C8H8N6O7. The molecule has 0 bridgehead atoms. The van der Waals surface area contributed by atoms with Crippen molar-refractivity contribution >= 4 is 17.6 Å². The van der Waals surface area contributed by atoms with Crippen LogP contribution in [0.3, 0.4) is 0 Å². The average Bonchev–Trinajstić information content (AvgIpc) is 3.08. The highest BCUT2D eigenvalue weighted by molar-refractivity contribution is 5.85. The number of aliphatic hydroxyl groups is 1. The van der Waals surface area contributed by atoms with Crippen molar-refractivity contribution in [3.8, 4) is 0 Å². The minimum absolute atomic E-state index is 0.205. The highest BCUT2D eigenvalue weighted by Gasteiger charge is 2.14. The Kier molecular flexibility index (Phi) is 5.02. The van der Waals surface area contributed by atoms with Gasteiger partial charge in [-0.25, -0.2) is 4.79 Å². The molecule has 0 saturated carbocycles. The second-order valence-electron chi connectivity index (χ2n) is 3.36. The van der Waals surface area contributed by atoms with Crippen molar-refractivity contribution in [2.45, 2.75) is 6.61 Å². The first-order chi connectivity index (χ1) is 9.85. The molecule has 0 unspecified atom stereocenters. The largest absolute Gasteiger partial charge is 0.476 e. The zero-order valence-electron chi connectivity index (χ0n) is 10.1. The summed E-state index contributed by atoms with van der Waals surface area (Å²) in [6.45, 7) is -0.287. The van der Waals surface area contributed by atoms with Crippen LogP contribution in [-0.4, -0.2) is 46.4 Å². The van der Waals surface area contributed by atoms with Crippen LogP contribution in [0.5, 0.6) is 0 Å². The number of nitro groups is 2. The van der Waals surface area contributed by atoms with Gasteiger partial charge in [-0.2, -0.15) is 0 Å². The van der Waals surface area contributed by atoms with E-state index in [9.17, 15) is 25.0 Å². The fourth-order valence-corrected chi connectivity index (χ4v) is 1.04. The van der Waals surface area contributed by atoms with Crippen LogP contribution < -0.4 is 0 Å². The van der Waals surface area contributed by atoms with Crippen molar-refractivity contribution in [1.29, 1.82) is 0 Å². The summed E-state index contributed by atoms with van der Waals surface area (Å²) in [6, 6.07) is 2.03. The Hall–Kier alpha value is -3.35. The number of aromatic nitrogens is 4. The first-order valence-corrected chi connectivity index (χ1v) is 5.07. The number of carbonyl (C=O) groups is 1. The molecule has 112 valence electrons. The molecule has 2 aromatic heterocycles. The number of hydrogen-bond acceptors (Lipinski definition) is 8. The van der Waals surface area contributed by atoms with Crippen LogP contribution in [0.25, 0.3) is 0 Å². The van der Waals surface area contributed by atoms with Crippen LogP contribution >= 0.6 is 0 Å². The standard InChI is InChI=1S/C4H3N3O4.C4H5N3O3/c8-4(9)2-1-3(6-5-2)7(10)11;8-2-3-1-4(6-5-3)7(9)10/h1H,(H,5,6)(H,8,9);1,8H,2H2,(H,5,6). The first kappa shape index (κ1) is 15.7. The summed E-state index contributed by atoms with van der Waals surface area (Å²) >= 11 is 0. The van der Waals surface area contributed by atoms with Gasteiger partial charge >= 0.3 is 17.6 Å². The van der Waals surface area contributed by atoms with Crippen molar-refractivity contribution in [2.75, 3.05) is 0 Å². The number of aromatic amines is 2. The highest BCUT2D eigenvalue weighted by atomic mass is 16.6. The zero-order chi connectivity index (χ0) is 16.0. The molecule has 0 fully saturated rings. The van der Waals surface area contributed by atoms with Crippen LogP contribution in [0.15, 0.2) is 12.1 Å². The number of hydrogen-bond donors (Lipinski definition) is 4. The van der Waals surface area contributed by atoms with Gasteiger partial charge in [-0.05, 0) is 9.85 Å². The summed E-state index contributed by atoms with van der Waals surface area (Å²) in [5.74, 6) is -1.93. The summed E-state index contributed by atoms with van der Waals surface area (Å²) in [7, 11) is 0. The van der Waals surface area contributed by atoms with Crippen molar-refractivity contribution in [2.24, 2.45) is 0 Å². The van der Waals surface area contributed by atoms with E-state index < -0.39 is 21.6 Å². The first-order valence-electron chi connectivity index (χ1n) is 5.07. The number of carboxylic acid groups (broad SMARTS) is 1. The molecule has 0 aliphatic rings. The number of nitrogens with zero attached hydrogens (tertiary/aromatic N) is 4. The lowest BCUT2D eigenvalue weighted by Gasteiger charge is -1.83. The Morgan fingerprint density at radius 3 is 1.95 bits per heavy atom. The van der Waals surface area contributed by atoms with Crippen LogP contribution in [0, 0.1) is 20.2 Å². The van der Waals surface area contributed by atoms with Gasteiger partial charge in [0, 0.05) is 0 Å². The monoisotopic (exact) mass is 300 g/mol. The van der Waals surface area contributed by atoms with Crippen LogP contribution in [-0.2, 0) is 6.61 Å². The van der Waals surface area contributed by atoms with Crippen molar-refractivity contribution in [1.82, 2.24) is 20.4 Å². The van der Waals surface area contributed by atoms with Crippen LogP contribution in [0.4, 0.5) is 11.6 Å². The average molecular weight is 300 g/mol. The SMILES string of the molecule is O=C(O)c1cc([N+](=O)[O-])[nH]n1.O=[N+]([O-])c1cc(CO)n[nH]1. The van der Waals surface area contributed by atoms with Crippen molar-refractivity contribution < 1.29 is 24.9 Å². The molecule has 2 heterocycles. The Morgan fingerprint density at radius 2 is 1.67 bits per heavy atom. The fourth-order valence-electron chi connectivity index (χ4n) is 1.04. The molecule has 21 heavy (non-hydrogen) atoms. The lowest BCUT2D eigenvalue weighted by atomic mass is 10.4. The number of nitrogens with one attached hydrogen (secondary N) is 2. The minimum Gasteiger partial charge on any atom is -0.476 e. The lowest BCUT2D eigenvalue weighted by molar-refractivity contribution is -0.389. The summed E-state index contributed by atoms with van der Waals surface area (Å²) in [5.41, 5.74) is -0.0941. The summed E-state index contributed by atoms with van der Waals surface area (Å²) in [5, 5.41) is 47.4. The van der Waals surface area contributed by atoms with Gasteiger partial charge in [-0.3, -0.25) is 0 Å². The van der Waals surface area contributed by atoms with Gasteiger partial charge < -0.3 is 30.4 Å². The third-order valence-electron chi connectivity index (χ3n) is 1.96. The topological polar surface area (TPSA) is 201 Å². The molecule has 0 radical (unpaired) electrons. The van der Waals surface area contributed by atoms with E-state index in [1.165, 1.54) is 6.07 Å². The van der Waals surface area contributed by atoms with Crippen LogP contribution in [0.2, 0.25) is 0 Å². The predicted octanol–water partition coefficient (Wildman–Crippen LogP) is -0.174. The maximum absolute atomic E-state index is 10.1. The quantitative estimate of drug-likeness (QED) is 0.436. The van der Waals surface area contributed by atoms with Gasteiger partial charge in [-0.15, -0.1) is 10.2 Å². The van der Waals surface area contributed by atoms with E-state index in [1.54, 1.807) is 0 Å². The number of H-pyrrole nitrogens is 2. The highest BCUT2D eigenvalue weighted by Crippen LogP contribution is 2.07. The van der Waals surface area contributed by atoms with Gasteiger partial charge in [-0.1, -0.05) is 10.2 Å². The van der Waals surface area contributed by atoms with E-state index >= 15 is 0 Å². The Balaban J connectivity index is 0.000000211. The van der Waals surface area contributed by atoms with E-state index in [4.69, 9.17) is 10.2 Å². The van der Waals surface area contributed by atoms with Crippen molar-refractivity contribution in [3.05, 3.63) is 43.7 Å². The molecule has 0 aliphatic carbocycles. The number of aliphatic hydroxyl groups excluding tert-OH is 1. The van der Waals surface area contributed by atoms with E-state index in [1.807, 2.05) is 5.10 Å². The summed E-state index contributed by atoms with van der Waals surface area (Å²) in [6.07, 6.45) is 0. The molecule has 2 rings (SSSR count). The molecule has 0 saturated heterocycles. The summed E-state index contributed by atoms with van der Waals surface area (Å²) in [4.78, 5) is 28.7. The molecule has 2 aromatic rings. The van der Waals surface area contributed by atoms with Gasteiger partial charge in [0.05, 0.1) is 18.7 Å². The Labute approximate surface area is 114 Å². The number of aromatic carboxylic acids is 1. The van der Waals surface area contributed by atoms with Crippen molar-refractivity contribution in [3.63, 3.8) is 0 Å². The molecule has 0 amide bonds. The van der Waals surface area contributed by atoms with E-state index in [0.29, 0.717) is 0 Å². The molecule has 0 atom stereocenters. The van der Waals surface area contributed by atoms with Gasteiger partial charge in [0.25, 0.3) is 0 Å². The Bertz CT molecular complexity index is 633. The second kappa shape index (κ2) is 6.71. The second-order valence-corrected chi connectivity index (χ2v) is 3.36. The smallest absolute Gasteiger partial charge is 0.358 e. The van der Waals surface area contributed by atoms with Gasteiger partial charge in [0.2, 0.25) is 0 Å². The van der Waals surface area contributed by atoms with Gasteiger partial charge in [0.1, 0.15) is 5.69 Å². The Morgan fingerprint density at radius 1 is 1.14 bits per heavy atom. The molecule has 0 aromatic carbocycles. The minimum atomic E-state index is -1.30. The normalized spacial score (nSPS) is 9.57. The predicted molar refractivity (Wildman–Crippen MR) is 63.4 cm³/mol. The molecule has 0 aliphatic heterocycles. The lowest BCUT2D eigenvalue weighted by Crippen LogP contribution is -1.95. The molecule has 13 heteroatoms. The fraction of sp³-hybridized carbons (Fsp3) is 0.125. The van der Waals surface area contributed by atoms with E-state index in [-0.39, 0.29) is 23.8 Å². The molecule has 13 nitrogen and oxygen atoms in total. The van der Waals surface area contributed by atoms with E-state index in [2.05, 4.69) is 15.3 Å². The van der Waals surface area contributed by atoms with Crippen LogP contribution in [0.1, 0.15) is 16.2 Å². The zero-order valence-corrected chi connectivity index (χ0v) is 10.1. The maximum atomic E-state index is 10.1. The maximum Gasteiger partial charge on any atom is 0.358 e. The summed E-state index contributed by atoms with van der Waals surface area (Å²) < 4.78 is 0. The third-order valence-corrected chi connectivity index (χ3v) is 1.96.